The van der Waals surface area contributed by atoms with Crippen LogP contribution < -0.4 is 0 Å². The van der Waals surface area contributed by atoms with Gasteiger partial charge < -0.3 is 5.11 Å². The number of hydrogen-bond donors (Lipinski definition) is 1. The molecule has 1 aromatic carbocycles. The number of unbranched alkanes of at least 4 members (excludes halogenated alkanes) is 3. The molecular formula is C14H18F4O. The van der Waals surface area contributed by atoms with Crippen LogP contribution in [0.2, 0.25) is 0 Å². The Labute approximate surface area is 110 Å². The van der Waals surface area contributed by atoms with E-state index >= 15 is 0 Å². The number of halogens is 4. The van der Waals surface area contributed by atoms with Crippen molar-refractivity contribution in [3.05, 3.63) is 35.1 Å². The fourth-order valence-electron chi connectivity index (χ4n) is 1.98. The summed E-state index contributed by atoms with van der Waals surface area (Å²) in [5, 5.41) is 9.83. The quantitative estimate of drug-likeness (QED) is 0.582. The second kappa shape index (κ2) is 6.89. The number of hydrogen-bond acceptors (Lipinski definition) is 1. The molecule has 0 saturated heterocycles. The lowest BCUT2D eigenvalue weighted by molar-refractivity contribution is -0.139. The van der Waals surface area contributed by atoms with Gasteiger partial charge in [-0.1, -0.05) is 38.7 Å². The molecule has 0 heterocycles. The molecule has 0 aliphatic rings. The Kier molecular flexibility index (Phi) is 5.79. The Morgan fingerprint density at radius 3 is 2.42 bits per heavy atom. The fraction of sp³-hybridized carbons (Fsp3) is 0.571. The van der Waals surface area contributed by atoms with E-state index in [2.05, 4.69) is 0 Å². The molecule has 0 amide bonds. The molecule has 1 rings (SSSR count). The third-order valence-corrected chi connectivity index (χ3v) is 3.01. The van der Waals surface area contributed by atoms with E-state index in [1.165, 1.54) is 0 Å². The number of aliphatic hydroxyl groups is 1. The van der Waals surface area contributed by atoms with Gasteiger partial charge in [0.15, 0.2) is 0 Å². The zero-order valence-corrected chi connectivity index (χ0v) is 10.8. The van der Waals surface area contributed by atoms with Gasteiger partial charge in [-0.15, -0.1) is 0 Å². The maximum atomic E-state index is 12.9. The van der Waals surface area contributed by atoms with Crippen molar-refractivity contribution in [1.82, 2.24) is 0 Å². The molecule has 0 spiro atoms. The minimum absolute atomic E-state index is 0.245. The number of rotatable bonds is 6. The van der Waals surface area contributed by atoms with Gasteiger partial charge in [0.2, 0.25) is 0 Å². The average molecular weight is 278 g/mol. The van der Waals surface area contributed by atoms with Crippen molar-refractivity contribution < 1.29 is 22.7 Å². The van der Waals surface area contributed by atoms with Crippen molar-refractivity contribution >= 4 is 0 Å². The molecule has 1 N–H and O–H groups in total. The lowest BCUT2D eigenvalue weighted by atomic mass is 9.97. The standard InChI is InChI=1S/C14H18F4O/c1-2-3-4-5-6-13(19)11-8-7-10(15)9-12(11)14(16,17)18/h7-9,13,19H,2-6H2,1H3. The van der Waals surface area contributed by atoms with E-state index in [0.29, 0.717) is 12.5 Å². The third-order valence-electron chi connectivity index (χ3n) is 3.01. The Morgan fingerprint density at radius 1 is 1.16 bits per heavy atom. The van der Waals surface area contributed by atoms with Gasteiger partial charge in [0.25, 0.3) is 0 Å². The molecule has 1 aromatic rings. The topological polar surface area (TPSA) is 20.2 Å². The first-order chi connectivity index (χ1) is 8.86. The van der Waals surface area contributed by atoms with E-state index in [-0.39, 0.29) is 12.0 Å². The summed E-state index contributed by atoms with van der Waals surface area (Å²) >= 11 is 0. The highest BCUT2D eigenvalue weighted by Gasteiger charge is 2.35. The summed E-state index contributed by atoms with van der Waals surface area (Å²) in [7, 11) is 0. The highest BCUT2D eigenvalue weighted by atomic mass is 19.4. The van der Waals surface area contributed by atoms with Gasteiger partial charge in [-0.2, -0.15) is 13.2 Å². The smallest absolute Gasteiger partial charge is 0.388 e. The Balaban J connectivity index is 2.81. The van der Waals surface area contributed by atoms with Crippen molar-refractivity contribution in [1.29, 1.82) is 0 Å². The molecule has 19 heavy (non-hydrogen) atoms. The van der Waals surface area contributed by atoms with Crippen LogP contribution in [0.1, 0.15) is 56.3 Å². The van der Waals surface area contributed by atoms with Crippen molar-refractivity contribution in [2.24, 2.45) is 0 Å². The molecule has 1 nitrogen and oxygen atoms in total. The summed E-state index contributed by atoms with van der Waals surface area (Å²) in [5.74, 6) is -0.950. The maximum Gasteiger partial charge on any atom is 0.416 e. The molecule has 1 unspecified atom stereocenters. The average Bonchev–Trinajstić information content (AvgIpc) is 2.33. The van der Waals surface area contributed by atoms with E-state index < -0.39 is 23.7 Å². The molecular weight excluding hydrogens is 260 g/mol. The number of alkyl halides is 3. The normalized spacial score (nSPS) is 13.6. The summed E-state index contributed by atoms with van der Waals surface area (Å²) in [6, 6.07) is 2.40. The van der Waals surface area contributed by atoms with E-state index in [1.54, 1.807) is 0 Å². The van der Waals surface area contributed by atoms with Crippen LogP contribution in [0.5, 0.6) is 0 Å². The van der Waals surface area contributed by atoms with Gasteiger partial charge in [-0.25, -0.2) is 4.39 Å². The summed E-state index contributed by atoms with van der Waals surface area (Å²) < 4.78 is 51.2. The molecule has 0 aliphatic carbocycles. The van der Waals surface area contributed by atoms with Gasteiger partial charge in [-0.3, -0.25) is 0 Å². The van der Waals surface area contributed by atoms with Gasteiger partial charge in [0.1, 0.15) is 5.82 Å². The molecule has 0 bridgehead atoms. The predicted octanol–water partition coefficient (Wildman–Crippen LogP) is 4.85. The SMILES string of the molecule is CCCCCCC(O)c1ccc(F)cc1C(F)(F)F. The van der Waals surface area contributed by atoms with Crippen LogP contribution in [-0.2, 0) is 6.18 Å². The lowest BCUT2D eigenvalue weighted by Crippen LogP contribution is -2.12. The second-order valence-corrected chi connectivity index (χ2v) is 4.59. The number of benzene rings is 1. The minimum Gasteiger partial charge on any atom is -0.388 e. The second-order valence-electron chi connectivity index (χ2n) is 4.59. The lowest BCUT2D eigenvalue weighted by Gasteiger charge is -2.17. The monoisotopic (exact) mass is 278 g/mol. The summed E-state index contributed by atoms with van der Waals surface area (Å²) in [5.41, 5.74) is -1.33. The largest absolute Gasteiger partial charge is 0.416 e. The van der Waals surface area contributed by atoms with Crippen LogP contribution in [-0.4, -0.2) is 5.11 Å². The minimum atomic E-state index is -4.65. The van der Waals surface area contributed by atoms with Crippen molar-refractivity contribution in [2.45, 2.75) is 51.3 Å². The van der Waals surface area contributed by atoms with Crippen molar-refractivity contribution in [2.75, 3.05) is 0 Å². The third kappa shape index (κ3) is 4.82. The van der Waals surface area contributed by atoms with E-state index in [4.69, 9.17) is 0 Å². The highest BCUT2D eigenvalue weighted by molar-refractivity contribution is 5.32. The van der Waals surface area contributed by atoms with Crippen molar-refractivity contribution in [3.8, 4) is 0 Å². The molecule has 0 aromatic heterocycles. The molecule has 0 radical (unpaired) electrons. The maximum absolute atomic E-state index is 12.9. The first-order valence-corrected chi connectivity index (χ1v) is 6.41. The predicted molar refractivity (Wildman–Crippen MR) is 65.1 cm³/mol. The highest BCUT2D eigenvalue weighted by Crippen LogP contribution is 2.36. The zero-order chi connectivity index (χ0) is 14.5. The molecule has 0 fully saturated rings. The first-order valence-electron chi connectivity index (χ1n) is 6.41. The van der Waals surface area contributed by atoms with Gasteiger partial charge >= 0.3 is 6.18 Å². The Bertz CT molecular complexity index is 401. The molecule has 108 valence electrons. The summed E-state index contributed by atoms with van der Waals surface area (Å²) in [6.45, 7) is 2.03. The first kappa shape index (κ1) is 16.0. The van der Waals surface area contributed by atoms with Crippen LogP contribution >= 0.6 is 0 Å². The molecule has 0 saturated carbocycles. The number of aliphatic hydroxyl groups excluding tert-OH is 1. The van der Waals surface area contributed by atoms with Gasteiger partial charge in [0, 0.05) is 0 Å². The van der Waals surface area contributed by atoms with Crippen molar-refractivity contribution in [3.63, 3.8) is 0 Å². The molecule has 5 heteroatoms. The van der Waals surface area contributed by atoms with Crippen LogP contribution in [0.25, 0.3) is 0 Å². The van der Waals surface area contributed by atoms with E-state index in [1.807, 2.05) is 6.92 Å². The summed E-state index contributed by atoms with van der Waals surface area (Å²) in [6.07, 6.45) is -2.06. The zero-order valence-electron chi connectivity index (χ0n) is 10.8. The van der Waals surface area contributed by atoms with Crippen LogP contribution in [0.3, 0.4) is 0 Å². The van der Waals surface area contributed by atoms with Gasteiger partial charge in [-0.05, 0) is 24.1 Å². The van der Waals surface area contributed by atoms with Crippen LogP contribution in [0.4, 0.5) is 17.6 Å². The fourth-order valence-corrected chi connectivity index (χ4v) is 1.98. The molecule has 0 aliphatic heterocycles. The van der Waals surface area contributed by atoms with E-state index in [9.17, 15) is 22.7 Å². The van der Waals surface area contributed by atoms with E-state index in [0.717, 1.165) is 31.4 Å². The van der Waals surface area contributed by atoms with Gasteiger partial charge in [0.05, 0.1) is 11.7 Å². The Hall–Kier alpha value is -1.10. The Morgan fingerprint density at radius 2 is 1.84 bits per heavy atom. The molecule has 1 atom stereocenters. The van der Waals surface area contributed by atoms with Crippen LogP contribution in [0, 0.1) is 5.82 Å². The van der Waals surface area contributed by atoms with Crippen LogP contribution in [0.15, 0.2) is 18.2 Å². The summed E-state index contributed by atoms with van der Waals surface area (Å²) in [4.78, 5) is 0.